The Kier molecular flexibility index (Phi) is 2.92. The quantitative estimate of drug-likeness (QED) is 0.265. The minimum Gasteiger partial charge on any atom is -0.358 e. The van der Waals surface area contributed by atoms with E-state index in [1.54, 1.807) is 0 Å². The third-order valence-electron chi connectivity index (χ3n) is 1.55. The first-order chi connectivity index (χ1) is 7.24. The van der Waals surface area contributed by atoms with Crippen molar-refractivity contribution in [2.75, 3.05) is 0 Å². The maximum atomic E-state index is 10.6. The molecule has 11 heteroatoms. The van der Waals surface area contributed by atoms with E-state index in [2.05, 4.69) is 35.6 Å². The summed E-state index contributed by atoms with van der Waals surface area (Å²) in [6.07, 6.45) is 0. The van der Waals surface area contributed by atoms with E-state index in [1.807, 2.05) is 0 Å². The first kappa shape index (κ1) is 11.3. The molecule has 11 nitrogen and oxygen atoms in total. The summed E-state index contributed by atoms with van der Waals surface area (Å²) in [5.74, 6) is -0.669. The molecule has 16 heavy (non-hydrogen) atoms. The van der Waals surface area contributed by atoms with Crippen LogP contribution in [0, 0.1) is 10.1 Å². The van der Waals surface area contributed by atoms with Gasteiger partial charge in [0.25, 0.3) is 0 Å². The van der Waals surface area contributed by atoms with Crippen molar-refractivity contribution in [1.29, 1.82) is 0 Å². The monoisotopic (exact) mass is 223 g/mol. The fourth-order valence-corrected chi connectivity index (χ4v) is 1.00. The van der Waals surface area contributed by atoms with Gasteiger partial charge in [0.2, 0.25) is 5.65 Å². The number of H-pyrrole nitrogens is 1. The van der Waals surface area contributed by atoms with Crippen molar-refractivity contribution in [3.63, 3.8) is 0 Å². The van der Waals surface area contributed by atoms with Gasteiger partial charge < -0.3 is 10.1 Å². The normalized spacial score (nSPS) is 9.25. The molecular formula is C5H5N9O2. The van der Waals surface area contributed by atoms with Crippen molar-refractivity contribution >= 4 is 22.7 Å². The van der Waals surface area contributed by atoms with Gasteiger partial charge in [-0.3, -0.25) is 0 Å². The number of aromatic amines is 1. The van der Waals surface area contributed by atoms with Gasteiger partial charge in [-0.05, 0) is 20.8 Å². The Morgan fingerprint density at radius 3 is 2.88 bits per heavy atom. The highest BCUT2D eigenvalue weighted by Gasteiger charge is 2.20. The number of nitrogens with zero attached hydrogens (tertiary/aromatic N) is 8. The number of hydrogen-bond donors (Lipinski definition) is 1. The highest BCUT2D eigenvalue weighted by atomic mass is 16.6. The summed E-state index contributed by atoms with van der Waals surface area (Å²) in [5, 5.41) is 29.3. The number of azide groups is 1. The van der Waals surface area contributed by atoms with Crippen LogP contribution < -0.4 is 0 Å². The zero-order valence-corrected chi connectivity index (χ0v) is 6.89. The Morgan fingerprint density at radius 1 is 1.50 bits per heavy atom. The molecule has 0 saturated heterocycles. The third-order valence-corrected chi connectivity index (χ3v) is 1.55. The molecule has 0 spiro atoms. The molecule has 0 aliphatic rings. The average Bonchev–Trinajstić information content (AvgIpc) is 2.62. The van der Waals surface area contributed by atoms with E-state index in [-0.39, 0.29) is 24.3 Å². The van der Waals surface area contributed by atoms with Crippen molar-refractivity contribution in [3.8, 4) is 0 Å². The first-order valence-electron chi connectivity index (χ1n) is 3.51. The molecule has 82 valence electrons. The van der Waals surface area contributed by atoms with Gasteiger partial charge in [0.1, 0.15) is 0 Å². The minimum atomic E-state index is -0.713. The smallest absolute Gasteiger partial charge is 0.354 e. The lowest BCUT2D eigenvalue weighted by Gasteiger charge is -1.91. The van der Waals surface area contributed by atoms with Gasteiger partial charge in [-0.1, -0.05) is 12.5 Å². The molecule has 2 rings (SSSR count). The lowest BCUT2D eigenvalue weighted by atomic mass is 10.4. The first-order valence-corrected chi connectivity index (χ1v) is 3.51. The van der Waals surface area contributed by atoms with Crippen molar-refractivity contribution in [3.05, 3.63) is 20.6 Å². The molecule has 2 heterocycles. The van der Waals surface area contributed by atoms with E-state index in [9.17, 15) is 10.1 Å². The molecule has 0 saturated carbocycles. The maximum Gasteiger partial charge on any atom is 0.354 e. The molecule has 0 bridgehead atoms. The summed E-state index contributed by atoms with van der Waals surface area (Å²) in [6.45, 7) is 0. The Morgan fingerprint density at radius 2 is 2.25 bits per heavy atom. The topological polar surface area (TPSA) is 159 Å². The van der Waals surface area contributed by atoms with Gasteiger partial charge in [0, 0.05) is 4.91 Å². The van der Waals surface area contributed by atoms with E-state index in [1.165, 1.54) is 0 Å². The summed E-state index contributed by atoms with van der Waals surface area (Å²) in [7, 11) is 0. The number of nitro groups is 1. The van der Waals surface area contributed by atoms with Crippen LogP contribution in [0.2, 0.25) is 0 Å². The summed E-state index contributed by atoms with van der Waals surface area (Å²) in [4.78, 5) is 12.3. The van der Waals surface area contributed by atoms with Crippen LogP contribution in [-0.4, -0.2) is 30.5 Å². The van der Waals surface area contributed by atoms with Crippen LogP contribution in [0.3, 0.4) is 0 Å². The number of hydrogen-bond acceptors (Lipinski definition) is 7. The van der Waals surface area contributed by atoms with E-state index in [0.29, 0.717) is 0 Å². The van der Waals surface area contributed by atoms with Crippen LogP contribution in [0.25, 0.3) is 21.5 Å². The molecule has 0 aliphatic heterocycles. The van der Waals surface area contributed by atoms with Gasteiger partial charge >= 0.3 is 5.82 Å². The van der Waals surface area contributed by atoms with Gasteiger partial charge in [-0.25, -0.2) is 0 Å². The largest absolute Gasteiger partial charge is 0.358 e. The van der Waals surface area contributed by atoms with E-state index in [0.717, 1.165) is 0 Å². The van der Waals surface area contributed by atoms with Crippen molar-refractivity contribution in [1.82, 2.24) is 25.6 Å². The summed E-state index contributed by atoms with van der Waals surface area (Å²) < 4.78 is 0. The Hall–Kier alpha value is -2.81. The summed E-state index contributed by atoms with van der Waals surface area (Å²) in [6, 6.07) is 0. The lowest BCUT2D eigenvalue weighted by Crippen LogP contribution is -1.90. The summed E-state index contributed by atoms with van der Waals surface area (Å²) in [5.41, 5.74) is 8.19. The molecule has 0 amide bonds. The zero-order chi connectivity index (χ0) is 10.8. The second-order valence-electron chi connectivity index (χ2n) is 2.33. The van der Waals surface area contributed by atoms with Crippen LogP contribution in [-0.2, 0) is 0 Å². The molecule has 0 aliphatic carbocycles. The molecule has 2 aromatic rings. The zero-order valence-electron chi connectivity index (χ0n) is 6.89. The van der Waals surface area contributed by atoms with E-state index in [4.69, 9.17) is 5.53 Å². The van der Waals surface area contributed by atoms with E-state index < -0.39 is 10.7 Å². The van der Waals surface area contributed by atoms with Crippen molar-refractivity contribution in [2.24, 2.45) is 5.11 Å². The minimum absolute atomic E-state index is 0. The number of aromatic nitrogens is 5. The molecule has 0 aromatic carbocycles. The van der Waals surface area contributed by atoms with E-state index >= 15 is 0 Å². The molecule has 0 fully saturated rings. The van der Waals surface area contributed by atoms with Crippen molar-refractivity contribution < 1.29 is 4.92 Å². The van der Waals surface area contributed by atoms with Gasteiger partial charge in [0.05, 0.1) is 0 Å². The molecule has 2 aromatic heterocycles. The fourth-order valence-electron chi connectivity index (χ4n) is 1.00. The highest BCUT2D eigenvalue weighted by Crippen LogP contribution is 2.27. The number of fused-ring (bicyclic) bond motifs is 1. The van der Waals surface area contributed by atoms with Gasteiger partial charge in [-0.2, -0.15) is 0 Å². The van der Waals surface area contributed by atoms with Crippen LogP contribution in [0.1, 0.15) is 7.43 Å². The van der Waals surface area contributed by atoms with Crippen LogP contribution in [0.15, 0.2) is 5.11 Å². The summed E-state index contributed by atoms with van der Waals surface area (Å²) >= 11 is 0. The van der Waals surface area contributed by atoms with Crippen molar-refractivity contribution in [2.45, 2.75) is 7.43 Å². The Bertz CT molecular complexity index is 583. The fraction of sp³-hybridized carbons (Fsp3) is 0.200. The standard InChI is InChI=1S/C4HN9O2.CH4/c5-11-7-3-1-2(8-12-9-3)6-10-4(1)13(14)15;/h(H,6,8,9,10);1H4. The second kappa shape index (κ2) is 4.14. The average molecular weight is 223 g/mol. The number of rotatable bonds is 2. The Balaban J connectivity index is 0.00000128. The molecule has 0 radical (unpaired) electrons. The maximum absolute atomic E-state index is 10.6. The van der Waals surface area contributed by atoms with Gasteiger partial charge in [0.15, 0.2) is 11.2 Å². The highest BCUT2D eigenvalue weighted by molar-refractivity contribution is 5.91. The SMILES string of the molecule is C.[N-]=[N+]=Nc1nnnc2n[nH]c([N+](=O)[O-])c12. The molecule has 0 unspecified atom stereocenters. The molecule has 1 N–H and O–H groups in total. The van der Waals surface area contributed by atoms with Crippen LogP contribution >= 0.6 is 0 Å². The molecule has 0 atom stereocenters. The molecular weight excluding hydrogens is 218 g/mol. The van der Waals surface area contributed by atoms with Gasteiger partial charge in [-0.15, -0.1) is 15.3 Å². The number of nitrogens with one attached hydrogen (secondary N) is 1. The lowest BCUT2D eigenvalue weighted by molar-refractivity contribution is -0.387. The predicted octanol–water partition coefficient (Wildman–Crippen LogP) is 1.23. The third kappa shape index (κ3) is 1.57. The Labute approximate surface area is 87.3 Å². The second-order valence-corrected chi connectivity index (χ2v) is 2.33. The van der Waals surface area contributed by atoms with Crippen LogP contribution in [0.5, 0.6) is 0 Å². The van der Waals surface area contributed by atoms with Crippen LogP contribution in [0.4, 0.5) is 11.6 Å². The predicted molar refractivity (Wildman–Crippen MR) is 51.7 cm³/mol.